The number of halogens is 1. The lowest BCUT2D eigenvalue weighted by molar-refractivity contribution is 0.295. The minimum Gasteiger partial charge on any atom is -0.396 e. The molecule has 4 rings (SSSR count). The highest BCUT2D eigenvalue weighted by Crippen LogP contribution is 1.93. The van der Waals surface area contributed by atoms with Crippen LogP contribution in [0.1, 0.15) is 13.3 Å². The topological polar surface area (TPSA) is 144 Å². The van der Waals surface area contributed by atoms with Crippen LogP contribution in [0.2, 0.25) is 5.28 Å². The van der Waals surface area contributed by atoms with Crippen molar-refractivity contribution in [1.82, 2.24) is 50.3 Å². The molecular formula is C15H19ClN10O. The number of aromatic nitrogens is 10. The number of aliphatic hydroxyl groups excluding tert-OH is 1. The Morgan fingerprint density at radius 1 is 0.926 bits per heavy atom. The van der Waals surface area contributed by atoms with Crippen LogP contribution in [0.25, 0.3) is 5.95 Å². The van der Waals surface area contributed by atoms with Gasteiger partial charge in [0, 0.05) is 31.4 Å². The van der Waals surface area contributed by atoms with Gasteiger partial charge >= 0.3 is 0 Å². The van der Waals surface area contributed by atoms with E-state index in [0.29, 0.717) is 17.8 Å². The average Bonchev–Trinajstić information content (AvgIpc) is 3.46. The van der Waals surface area contributed by atoms with Gasteiger partial charge in [-0.15, -0.1) is 5.10 Å². The highest BCUT2D eigenvalue weighted by molar-refractivity contribution is 6.28. The van der Waals surface area contributed by atoms with Crippen LogP contribution in [0.3, 0.4) is 0 Å². The first-order valence-electron chi connectivity index (χ1n) is 7.74. The van der Waals surface area contributed by atoms with Crippen LogP contribution in [0.4, 0.5) is 0 Å². The van der Waals surface area contributed by atoms with Gasteiger partial charge in [-0.1, -0.05) is 12.1 Å². The Kier molecular flexibility index (Phi) is 12.1. The van der Waals surface area contributed by atoms with E-state index in [4.69, 9.17) is 16.7 Å². The molecule has 0 amide bonds. The largest absolute Gasteiger partial charge is 0.396 e. The second-order valence-corrected chi connectivity index (χ2v) is 4.63. The van der Waals surface area contributed by atoms with Crippen LogP contribution < -0.4 is 0 Å². The van der Waals surface area contributed by atoms with Gasteiger partial charge in [0.1, 0.15) is 0 Å². The van der Waals surface area contributed by atoms with Gasteiger partial charge in [0.15, 0.2) is 0 Å². The fraction of sp³-hybridized carbons (Fsp3) is 0.200. The van der Waals surface area contributed by atoms with Crippen LogP contribution in [0, 0.1) is 0 Å². The van der Waals surface area contributed by atoms with Crippen molar-refractivity contribution in [2.24, 2.45) is 0 Å². The van der Waals surface area contributed by atoms with E-state index >= 15 is 0 Å². The number of aromatic amines is 1. The van der Waals surface area contributed by atoms with E-state index in [1.165, 1.54) is 4.68 Å². The number of nitrogens with zero attached hydrogens (tertiary/aromatic N) is 9. The van der Waals surface area contributed by atoms with Crippen LogP contribution in [-0.4, -0.2) is 62.1 Å². The molecule has 0 aromatic carbocycles. The summed E-state index contributed by atoms with van der Waals surface area (Å²) in [6.07, 6.45) is 13.8. The molecule has 4 heterocycles. The number of rotatable bonds is 2. The van der Waals surface area contributed by atoms with Gasteiger partial charge in [0.05, 0.1) is 24.8 Å². The van der Waals surface area contributed by atoms with Crippen molar-refractivity contribution in [2.45, 2.75) is 13.3 Å². The Labute approximate surface area is 160 Å². The minimum absolute atomic E-state index is 0.294. The van der Waals surface area contributed by atoms with Gasteiger partial charge in [0.25, 0.3) is 5.95 Å². The van der Waals surface area contributed by atoms with Crippen molar-refractivity contribution in [3.8, 4) is 5.95 Å². The predicted molar refractivity (Wildman–Crippen MR) is 97.8 cm³/mol. The van der Waals surface area contributed by atoms with Crippen molar-refractivity contribution in [1.29, 1.82) is 0 Å². The summed E-state index contributed by atoms with van der Waals surface area (Å²) >= 11 is 5.32. The van der Waals surface area contributed by atoms with Gasteiger partial charge in [-0.2, -0.15) is 20.1 Å². The van der Waals surface area contributed by atoms with Crippen molar-refractivity contribution in [3.63, 3.8) is 0 Å². The van der Waals surface area contributed by atoms with Crippen molar-refractivity contribution >= 4 is 11.6 Å². The molecule has 4 aromatic heterocycles. The van der Waals surface area contributed by atoms with E-state index in [1.54, 1.807) is 61.7 Å². The lowest BCUT2D eigenvalue weighted by atomic mass is 10.5. The smallest absolute Gasteiger partial charge is 0.251 e. The molecule has 11 nitrogen and oxygen atoms in total. The summed E-state index contributed by atoms with van der Waals surface area (Å²) in [6.45, 7) is 2.25. The van der Waals surface area contributed by atoms with Crippen molar-refractivity contribution in [3.05, 3.63) is 67.0 Å². The van der Waals surface area contributed by atoms with Crippen LogP contribution in [-0.2, 0) is 0 Å². The summed E-state index contributed by atoms with van der Waals surface area (Å²) in [5.41, 5.74) is 0. The van der Waals surface area contributed by atoms with Gasteiger partial charge in [-0.3, -0.25) is 0 Å². The molecule has 0 saturated heterocycles. The third-order valence-corrected chi connectivity index (χ3v) is 2.46. The Morgan fingerprint density at radius 2 is 1.48 bits per heavy atom. The number of H-pyrrole nitrogens is 1. The van der Waals surface area contributed by atoms with E-state index in [2.05, 4.69) is 45.7 Å². The number of hydrogen-bond acceptors (Lipinski definition) is 9. The molecule has 0 radical (unpaired) electrons. The lowest BCUT2D eigenvalue weighted by Crippen LogP contribution is -2.00. The quantitative estimate of drug-likeness (QED) is 0.485. The van der Waals surface area contributed by atoms with Crippen molar-refractivity contribution < 1.29 is 5.11 Å². The molecular weight excluding hydrogens is 372 g/mol. The first-order chi connectivity index (χ1) is 13.3. The maximum Gasteiger partial charge on any atom is 0.251 e. The van der Waals surface area contributed by atoms with Crippen LogP contribution in [0.5, 0.6) is 0 Å². The molecule has 0 bridgehead atoms. The molecule has 142 valence electrons. The first kappa shape index (κ1) is 21.7. The third kappa shape index (κ3) is 11.0. The summed E-state index contributed by atoms with van der Waals surface area (Å²) in [7, 11) is 0. The summed E-state index contributed by atoms with van der Waals surface area (Å²) in [5, 5.41) is 24.9. The molecule has 0 aliphatic heterocycles. The monoisotopic (exact) mass is 390 g/mol. The molecule has 12 heteroatoms. The number of nitrogens with one attached hydrogen (secondary N) is 1. The SMILES string of the molecule is CCCO.Clc1ncccn1.c1cn[nH]n1.c1cnc(-n2ccnn2)nc1. The highest BCUT2D eigenvalue weighted by Gasteiger charge is 1.95. The van der Waals surface area contributed by atoms with E-state index in [1.807, 2.05) is 6.92 Å². The normalized spacial score (nSPS) is 8.85. The molecule has 0 fully saturated rings. The molecule has 4 aromatic rings. The second-order valence-electron chi connectivity index (χ2n) is 4.29. The van der Waals surface area contributed by atoms with Crippen molar-refractivity contribution in [2.75, 3.05) is 6.61 Å². The predicted octanol–water partition coefficient (Wildman–Crippen LogP) is 1.38. The van der Waals surface area contributed by atoms with Gasteiger partial charge in [0.2, 0.25) is 5.28 Å². The van der Waals surface area contributed by atoms with E-state index in [-0.39, 0.29) is 0 Å². The molecule has 0 saturated carbocycles. The van der Waals surface area contributed by atoms with Gasteiger partial charge in [-0.25, -0.2) is 19.9 Å². The molecule has 0 spiro atoms. The Balaban J connectivity index is 0.000000197. The Hall–Kier alpha value is -3.31. The number of aliphatic hydroxyl groups is 1. The second kappa shape index (κ2) is 15.0. The molecule has 0 aliphatic rings. The molecule has 0 unspecified atom stereocenters. The summed E-state index contributed by atoms with van der Waals surface area (Å²) < 4.78 is 1.50. The fourth-order valence-electron chi connectivity index (χ4n) is 1.17. The summed E-state index contributed by atoms with van der Waals surface area (Å²) in [6, 6.07) is 3.46. The zero-order valence-corrected chi connectivity index (χ0v) is 15.3. The summed E-state index contributed by atoms with van der Waals surface area (Å²) in [5.74, 6) is 0.532. The fourth-order valence-corrected chi connectivity index (χ4v) is 1.28. The minimum atomic E-state index is 0.294. The maximum absolute atomic E-state index is 7.88. The lowest BCUT2D eigenvalue weighted by Gasteiger charge is -1.93. The summed E-state index contributed by atoms with van der Waals surface area (Å²) in [4.78, 5) is 15.2. The zero-order valence-electron chi connectivity index (χ0n) is 14.5. The number of hydrogen-bond donors (Lipinski definition) is 2. The zero-order chi connectivity index (χ0) is 19.6. The highest BCUT2D eigenvalue weighted by atomic mass is 35.5. The van der Waals surface area contributed by atoms with Crippen LogP contribution >= 0.6 is 11.6 Å². The third-order valence-electron chi connectivity index (χ3n) is 2.27. The van der Waals surface area contributed by atoms with Crippen LogP contribution in [0.15, 0.2) is 61.7 Å². The van der Waals surface area contributed by atoms with E-state index < -0.39 is 0 Å². The van der Waals surface area contributed by atoms with E-state index in [9.17, 15) is 0 Å². The Morgan fingerprint density at radius 3 is 1.81 bits per heavy atom. The molecule has 0 atom stereocenters. The maximum atomic E-state index is 7.88. The standard InChI is InChI=1S/C6H5N5.C4H3ClN2.C3H8O.C2H3N3/c1-2-7-6(8-3-1)11-5-4-9-10-11;5-4-6-2-1-3-7-4;1-2-3-4;1-2-4-5-3-1/h1-5H;1-3H;4H,2-3H2,1H3;1-2H,(H,3,4,5). The molecule has 0 aliphatic carbocycles. The molecule has 27 heavy (non-hydrogen) atoms. The molecule has 2 N–H and O–H groups in total. The van der Waals surface area contributed by atoms with Gasteiger partial charge < -0.3 is 5.11 Å². The van der Waals surface area contributed by atoms with E-state index in [0.717, 1.165) is 6.42 Å². The van der Waals surface area contributed by atoms with Gasteiger partial charge in [-0.05, 0) is 30.2 Å². The Bertz CT molecular complexity index is 750. The first-order valence-corrected chi connectivity index (χ1v) is 8.12. The average molecular weight is 391 g/mol.